The molecule has 0 spiro atoms. The number of anilines is 1. The average molecular weight is 468 g/mol. The molecule has 2 N–H and O–H groups in total. The Morgan fingerprint density at radius 2 is 1.70 bits per heavy atom. The van der Waals surface area contributed by atoms with Gasteiger partial charge in [0.25, 0.3) is 0 Å². The Morgan fingerprint density at radius 1 is 1.03 bits per heavy atom. The van der Waals surface area contributed by atoms with Crippen molar-refractivity contribution in [1.82, 2.24) is 9.62 Å². The maximum Gasteiger partial charge on any atom is 0.243 e. The normalized spacial score (nSPS) is 21.2. The number of hydrogen-bond donors (Lipinski definition) is 2. The van der Waals surface area contributed by atoms with Gasteiger partial charge in [-0.15, -0.1) is 0 Å². The van der Waals surface area contributed by atoms with Crippen molar-refractivity contribution in [2.75, 3.05) is 25.0 Å². The van der Waals surface area contributed by atoms with Crippen LogP contribution in [-0.4, -0.2) is 44.2 Å². The highest BCUT2D eigenvalue weighted by Crippen LogP contribution is 2.47. The second kappa shape index (κ2) is 9.89. The molecule has 1 aliphatic heterocycles. The summed E-state index contributed by atoms with van der Waals surface area (Å²) >= 11 is 0. The van der Waals surface area contributed by atoms with Crippen LogP contribution in [0, 0.1) is 11.8 Å². The van der Waals surface area contributed by atoms with E-state index in [-0.39, 0.29) is 34.5 Å². The molecule has 2 aliphatic rings. The lowest BCUT2D eigenvalue weighted by atomic mass is 9.98. The van der Waals surface area contributed by atoms with E-state index in [4.69, 9.17) is 0 Å². The van der Waals surface area contributed by atoms with Crippen LogP contribution in [-0.2, 0) is 19.6 Å². The number of carbonyl (C=O) groups excluding carboxylic acids is 2. The largest absolute Gasteiger partial charge is 0.352 e. The topological polar surface area (TPSA) is 95.6 Å². The number of piperidine rings is 1. The van der Waals surface area contributed by atoms with Gasteiger partial charge in [0.1, 0.15) is 0 Å². The molecule has 7 nitrogen and oxygen atoms in total. The van der Waals surface area contributed by atoms with Gasteiger partial charge < -0.3 is 10.6 Å². The monoisotopic (exact) mass is 467 g/mol. The van der Waals surface area contributed by atoms with Crippen LogP contribution in [0.1, 0.15) is 30.7 Å². The predicted octanol–water partition coefficient (Wildman–Crippen LogP) is 3.13. The number of benzene rings is 2. The Bertz CT molecular complexity index is 1110. The van der Waals surface area contributed by atoms with Crippen LogP contribution in [0.15, 0.2) is 72.1 Å². The minimum atomic E-state index is -3.60. The summed E-state index contributed by atoms with van der Waals surface area (Å²) < 4.78 is 27.5. The molecule has 2 unspecified atom stereocenters. The van der Waals surface area contributed by atoms with E-state index in [1.807, 2.05) is 30.3 Å². The molecule has 4 rings (SSSR count). The fourth-order valence-corrected chi connectivity index (χ4v) is 5.79. The van der Waals surface area contributed by atoms with Gasteiger partial charge in [0.15, 0.2) is 0 Å². The maximum atomic E-state index is 13.0. The summed E-state index contributed by atoms with van der Waals surface area (Å²) in [6.45, 7) is 4.79. The molecule has 1 saturated carbocycles. The van der Waals surface area contributed by atoms with Crippen molar-refractivity contribution in [3.05, 3.63) is 72.8 Å². The number of amides is 2. The molecule has 2 atom stereocenters. The van der Waals surface area contributed by atoms with Gasteiger partial charge in [-0.1, -0.05) is 36.9 Å². The van der Waals surface area contributed by atoms with Gasteiger partial charge in [0, 0.05) is 31.2 Å². The second-order valence-corrected chi connectivity index (χ2v) is 10.6. The summed E-state index contributed by atoms with van der Waals surface area (Å²) in [5.74, 6) is 0.201. The number of nitrogens with zero attached hydrogens (tertiary/aromatic N) is 1. The van der Waals surface area contributed by atoms with Crippen LogP contribution in [0.5, 0.6) is 0 Å². The molecule has 2 aromatic rings. The third-order valence-electron chi connectivity index (χ3n) is 6.44. The molecule has 0 bridgehead atoms. The van der Waals surface area contributed by atoms with Crippen molar-refractivity contribution >= 4 is 27.5 Å². The zero-order valence-electron chi connectivity index (χ0n) is 18.4. The van der Waals surface area contributed by atoms with Crippen LogP contribution < -0.4 is 10.6 Å². The van der Waals surface area contributed by atoms with Crippen molar-refractivity contribution in [3.63, 3.8) is 0 Å². The van der Waals surface area contributed by atoms with E-state index in [0.717, 1.165) is 6.42 Å². The number of nitrogens with one attached hydrogen (secondary N) is 2. The number of rotatable bonds is 8. The Kier molecular flexibility index (Phi) is 6.95. The zero-order chi connectivity index (χ0) is 23.4. The van der Waals surface area contributed by atoms with Gasteiger partial charge in [-0.2, -0.15) is 4.31 Å². The van der Waals surface area contributed by atoms with Gasteiger partial charge in [-0.3, -0.25) is 9.59 Å². The Balaban J connectivity index is 1.30. The maximum absolute atomic E-state index is 13.0. The van der Waals surface area contributed by atoms with E-state index in [0.29, 0.717) is 38.2 Å². The first-order valence-electron chi connectivity index (χ1n) is 11.2. The Morgan fingerprint density at radius 3 is 2.33 bits per heavy atom. The molecule has 0 aromatic heterocycles. The van der Waals surface area contributed by atoms with Crippen molar-refractivity contribution < 1.29 is 18.0 Å². The first-order chi connectivity index (χ1) is 15.9. The van der Waals surface area contributed by atoms with Crippen molar-refractivity contribution in [2.24, 2.45) is 11.8 Å². The molecule has 0 radical (unpaired) electrons. The summed E-state index contributed by atoms with van der Waals surface area (Å²) in [5.41, 5.74) is 1.76. The lowest BCUT2D eigenvalue weighted by Gasteiger charge is -2.31. The van der Waals surface area contributed by atoms with E-state index in [1.54, 1.807) is 24.3 Å². The lowest BCUT2D eigenvalue weighted by molar-refractivity contribution is -0.117. The number of sulfonamides is 1. The molecule has 2 aromatic carbocycles. The second-order valence-electron chi connectivity index (χ2n) is 8.67. The third kappa shape index (κ3) is 5.51. The first kappa shape index (κ1) is 23.2. The summed E-state index contributed by atoms with van der Waals surface area (Å²) in [6, 6.07) is 16.4. The standard InChI is InChI=1S/C25H29N3O4S/c1-2-24(29)26-17-18-12-14-28(15-13-18)33(31,32)21-10-8-20(9-11-21)27-25(30)23-16-22(23)19-6-4-3-5-7-19/h2-11,18,22-23H,1,12-17H2,(H,26,29)(H,27,30). The fraction of sp³-hybridized carbons (Fsp3) is 0.360. The Labute approximate surface area is 194 Å². The van der Waals surface area contributed by atoms with E-state index >= 15 is 0 Å². The predicted molar refractivity (Wildman–Crippen MR) is 127 cm³/mol. The molecule has 1 aliphatic carbocycles. The third-order valence-corrected chi connectivity index (χ3v) is 8.35. The molecule has 1 saturated heterocycles. The van der Waals surface area contributed by atoms with Crippen molar-refractivity contribution in [2.45, 2.75) is 30.1 Å². The van der Waals surface area contributed by atoms with Crippen LogP contribution in [0.25, 0.3) is 0 Å². The highest BCUT2D eigenvalue weighted by molar-refractivity contribution is 7.89. The first-order valence-corrected chi connectivity index (χ1v) is 12.7. The van der Waals surface area contributed by atoms with Gasteiger partial charge in [-0.25, -0.2) is 8.42 Å². The molecule has 174 valence electrons. The minimum absolute atomic E-state index is 0.0370. The van der Waals surface area contributed by atoms with Gasteiger partial charge in [0.05, 0.1) is 4.90 Å². The minimum Gasteiger partial charge on any atom is -0.352 e. The Hall–Kier alpha value is -2.97. The molecular formula is C25H29N3O4S. The van der Waals surface area contributed by atoms with Gasteiger partial charge >= 0.3 is 0 Å². The molecule has 2 amide bonds. The van der Waals surface area contributed by atoms with Crippen molar-refractivity contribution in [3.8, 4) is 0 Å². The molecule has 2 fully saturated rings. The summed E-state index contributed by atoms with van der Waals surface area (Å²) in [7, 11) is -3.60. The average Bonchev–Trinajstić information content (AvgIpc) is 3.65. The molecule has 8 heteroatoms. The van der Waals surface area contributed by atoms with Crippen LogP contribution in [0.4, 0.5) is 5.69 Å². The summed E-state index contributed by atoms with van der Waals surface area (Å²) in [5, 5.41) is 5.68. The smallest absolute Gasteiger partial charge is 0.243 e. The highest BCUT2D eigenvalue weighted by atomic mass is 32.2. The van der Waals surface area contributed by atoms with E-state index in [9.17, 15) is 18.0 Å². The zero-order valence-corrected chi connectivity index (χ0v) is 19.3. The SMILES string of the molecule is C=CC(=O)NCC1CCN(S(=O)(=O)c2ccc(NC(=O)C3CC3c3ccccc3)cc2)CC1. The van der Waals surface area contributed by atoms with Crippen LogP contribution >= 0.6 is 0 Å². The molecular weight excluding hydrogens is 438 g/mol. The van der Waals surface area contributed by atoms with E-state index < -0.39 is 10.0 Å². The molecule has 33 heavy (non-hydrogen) atoms. The number of hydrogen-bond acceptors (Lipinski definition) is 4. The quantitative estimate of drug-likeness (QED) is 0.583. The number of carbonyl (C=O) groups is 2. The summed E-state index contributed by atoms with van der Waals surface area (Å²) in [6.07, 6.45) is 3.44. The van der Waals surface area contributed by atoms with E-state index in [2.05, 4.69) is 17.2 Å². The highest BCUT2D eigenvalue weighted by Gasteiger charge is 2.43. The van der Waals surface area contributed by atoms with Crippen molar-refractivity contribution in [1.29, 1.82) is 0 Å². The molecule has 1 heterocycles. The fourth-order valence-electron chi connectivity index (χ4n) is 4.32. The lowest BCUT2D eigenvalue weighted by Crippen LogP contribution is -2.41. The van der Waals surface area contributed by atoms with Crippen LogP contribution in [0.2, 0.25) is 0 Å². The van der Waals surface area contributed by atoms with Crippen LogP contribution in [0.3, 0.4) is 0 Å². The van der Waals surface area contributed by atoms with Gasteiger partial charge in [0.2, 0.25) is 21.8 Å². The van der Waals surface area contributed by atoms with Gasteiger partial charge in [-0.05, 0) is 67.0 Å². The summed E-state index contributed by atoms with van der Waals surface area (Å²) in [4.78, 5) is 24.1. The van der Waals surface area contributed by atoms with E-state index in [1.165, 1.54) is 15.9 Å².